The summed E-state index contributed by atoms with van der Waals surface area (Å²) < 4.78 is 22.7. The van der Waals surface area contributed by atoms with E-state index < -0.39 is 24.1 Å². The van der Waals surface area contributed by atoms with E-state index in [-0.39, 0.29) is 13.2 Å². The summed E-state index contributed by atoms with van der Waals surface area (Å²) in [6, 6.07) is 9.71. The fourth-order valence-electron chi connectivity index (χ4n) is 2.97. The van der Waals surface area contributed by atoms with Crippen LogP contribution in [0.15, 0.2) is 54.6 Å². The van der Waals surface area contributed by atoms with E-state index in [1.54, 1.807) is 27.7 Å². The minimum atomic E-state index is -0.439. The number of benzene rings is 2. The van der Waals surface area contributed by atoms with Crippen LogP contribution in [0.1, 0.15) is 40.2 Å². The van der Waals surface area contributed by atoms with Crippen LogP contribution in [0.2, 0.25) is 0 Å². The number of fused-ring (bicyclic) bond motifs is 1. The number of hydrogen-bond donors (Lipinski definition) is 0. The molecule has 0 fully saturated rings. The Hall–Kier alpha value is -3.28. The van der Waals surface area contributed by atoms with Crippen LogP contribution in [0.25, 0.3) is 10.8 Å². The zero-order chi connectivity index (χ0) is 23.8. The molecule has 172 valence electrons. The van der Waals surface area contributed by atoms with Gasteiger partial charge in [0.15, 0.2) is 0 Å². The van der Waals surface area contributed by atoms with Crippen molar-refractivity contribution < 1.29 is 28.5 Å². The predicted octanol–water partition coefficient (Wildman–Crippen LogP) is 5.18. The highest BCUT2D eigenvalue weighted by atomic mass is 16.6. The molecule has 0 N–H and O–H groups in total. The minimum absolute atomic E-state index is 0.209. The van der Waals surface area contributed by atoms with Crippen molar-refractivity contribution in [2.45, 2.75) is 53.2 Å². The van der Waals surface area contributed by atoms with Crippen LogP contribution in [-0.2, 0) is 25.5 Å². The molecule has 0 aliphatic heterocycles. The van der Waals surface area contributed by atoms with Gasteiger partial charge in [-0.3, -0.25) is 0 Å². The summed E-state index contributed by atoms with van der Waals surface area (Å²) in [4.78, 5) is 23.5. The van der Waals surface area contributed by atoms with Crippen LogP contribution >= 0.6 is 0 Å². The molecular weight excluding hydrogens is 408 g/mol. The molecule has 6 heteroatoms. The van der Waals surface area contributed by atoms with Crippen LogP contribution in [0.3, 0.4) is 0 Å². The Kier molecular flexibility index (Phi) is 8.88. The van der Waals surface area contributed by atoms with Crippen molar-refractivity contribution in [1.29, 1.82) is 0 Å². The normalized spacial score (nSPS) is 12.5. The summed E-state index contributed by atoms with van der Waals surface area (Å²) in [7, 11) is 0. The lowest BCUT2D eigenvalue weighted by Crippen LogP contribution is -2.23. The lowest BCUT2D eigenvalue weighted by molar-refractivity contribution is -0.145. The molecule has 2 aromatic rings. The van der Waals surface area contributed by atoms with Gasteiger partial charge in [-0.25, -0.2) is 9.59 Å². The molecule has 0 amide bonds. The minimum Gasteiger partial charge on any atom is -0.489 e. The highest BCUT2D eigenvalue weighted by Crippen LogP contribution is 2.37. The lowest BCUT2D eigenvalue weighted by atomic mass is 10.0. The molecule has 0 bridgehead atoms. The first kappa shape index (κ1) is 25.0. The molecule has 0 aliphatic carbocycles. The van der Waals surface area contributed by atoms with Crippen molar-refractivity contribution in [2.75, 3.05) is 13.2 Å². The van der Waals surface area contributed by atoms with Crippen LogP contribution in [0.5, 0.6) is 11.5 Å². The van der Waals surface area contributed by atoms with Gasteiger partial charge in [0.2, 0.25) is 0 Å². The Morgan fingerprint density at radius 1 is 0.875 bits per heavy atom. The van der Waals surface area contributed by atoms with Gasteiger partial charge in [-0.05, 0) is 45.7 Å². The summed E-state index contributed by atoms with van der Waals surface area (Å²) >= 11 is 0. The zero-order valence-electron chi connectivity index (χ0n) is 19.5. The number of carbonyl (C=O) groups is 2. The third kappa shape index (κ3) is 6.61. The monoisotopic (exact) mass is 440 g/mol. The Balaban J connectivity index is 2.22. The number of carbonyl (C=O) groups excluding carboxylic acids is 2. The van der Waals surface area contributed by atoms with E-state index in [1.165, 1.54) is 0 Å². The van der Waals surface area contributed by atoms with E-state index in [1.807, 2.05) is 37.3 Å². The van der Waals surface area contributed by atoms with E-state index >= 15 is 0 Å². The van der Waals surface area contributed by atoms with E-state index in [2.05, 4.69) is 13.2 Å². The summed E-state index contributed by atoms with van der Waals surface area (Å²) in [5.41, 5.74) is 1.66. The molecule has 0 spiro atoms. The standard InChI is InChI=1S/C26H32O6/c1-8-20-13-23(29-14-18(6)31-25(27)16(2)3)21-11-9-10-12-22(21)24(20)30-15-19(7)32-26(28)17(4)5/h9-13,18-19H,2,4,8,14-15H2,1,3,5-7H3. The maximum atomic E-state index is 11.7. The van der Waals surface area contributed by atoms with E-state index in [0.717, 1.165) is 28.5 Å². The quantitative estimate of drug-likeness (QED) is 0.354. The second-order valence-electron chi connectivity index (χ2n) is 7.88. The summed E-state index contributed by atoms with van der Waals surface area (Å²) in [6.45, 7) is 16.4. The third-order valence-electron chi connectivity index (χ3n) is 4.66. The van der Waals surface area contributed by atoms with Gasteiger partial charge in [0.05, 0.1) is 0 Å². The van der Waals surface area contributed by atoms with Crippen molar-refractivity contribution in [3.63, 3.8) is 0 Å². The van der Waals surface area contributed by atoms with Crippen LogP contribution in [-0.4, -0.2) is 37.4 Å². The van der Waals surface area contributed by atoms with Crippen molar-refractivity contribution in [2.24, 2.45) is 0 Å². The van der Waals surface area contributed by atoms with Crippen LogP contribution < -0.4 is 9.47 Å². The van der Waals surface area contributed by atoms with Crippen LogP contribution in [0.4, 0.5) is 0 Å². The van der Waals surface area contributed by atoms with E-state index in [9.17, 15) is 9.59 Å². The molecule has 2 rings (SSSR count). The van der Waals surface area contributed by atoms with Gasteiger partial charge in [-0.2, -0.15) is 0 Å². The molecule has 0 aliphatic rings. The molecule has 0 heterocycles. The molecule has 0 saturated carbocycles. The fraction of sp³-hybridized carbons (Fsp3) is 0.385. The Morgan fingerprint density at radius 3 is 1.88 bits per heavy atom. The first-order valence-corrected chi connectivity index (χ1v) is 10.7. The molecule has 2 aromatic carbocycles. The van der Waals surface area contributed by atoms with Gasteiger partial charge in [0.25, 0.3) is 0 Å². The maximum absolute atomic E-state index is 11.7. The van der Waals surface area contributed by atoms with Crippen molar-refractivity contribution in [3.05, 3.63) is 60.2 Å². The average Bonchev–Trinajstić information content (AvgIpc) is 2.75. The third-order valence-corrected chi connectivity index (χ3v) is 4.66. The molecule has 2 unspecified atom stereocenters. The molecule has 32 heavy (non-hydrogen) atoms. The van der Waals surface area contributed by atoms with Crippen molar-refractivity contribution in [1.82, 2.24) is 0 Å². The van der Waals surface area contributed by atoms with Gasteiger partial charge in [0, 0.05) is 21.9 Å². The van der Waals surface area contributed by atoms with Gasteiger partial charge < -0.3 is 18.9 Å². The van der Waals surface area contributed by atoms with Crippen molar-refractivity contribution >= 4 is 22.7 Å². The predicted molar refractivity (Wildman–Crippen MR) is 125 cm³/mol. The second-order valence-corrected chi connectivity index (χ2v) is 7.88. The summed E-state index contributed by atoms with van der Waals surface area (Å²) in [5.74, 6) is 0.539. The number of rotatable bonds is 11. The first-order chi connectivity index (χ1) is 15.1. The zero-order valence-corrected chi connectivity index (χ0v) is 19.5. The fourth-order valence-corrected chi connectivity index (χ4v) is 2.97. The SMILES string of the molecule is C=C(C)C(=O)OC(C)COc1cc(CC)c(OCC(C)OC(=O)C(=C)C)c2ccccc12. The molecule has 2 atom stereocenters. The second kappa shape index (κ2) is 11.4. The highest BCUT2D eigenvalue weighted by Gasteiger charge is 2.17. The summed E-state index contributed by atoms with van der Waals surface area (Å²) in [5, 5.41) is 1.77. The Bertz CT molecular complexity index is 1010. The number of hydrogen-bond acceptors (Lipinski definition) is 6. The Morgan fingerprint density at radius 2 is 1.38 bits per heavy atom. The maximum Gasteiger partial charge on any atom is 0.333 e. The number of ether oxygens (including phenoxy) is 4. The number of esters is 2. The Labute approximate surface area is 189 Å². The number of aryl methyl sites for hydroxylation is 1. The van der Waals surface area contributed by atoms with Gasteiger partial charge >= 0.3 is 11.9 Å². The van der Waals surface area contributed by atoms with E-state index in [0.29, 0.717) is 16.9 Å². The smallest absolute Gasteiger partial charge is 0.333 e. The molecule has 0 radical (unpaired) electrons. The molecule has 6 nitrogen and oxygen atoms in total. The van der Waals surface area contributed by atoms with E-state index in [4.69, 9.17) is 18.9 Å². The van der Waals surface area contributed by atoms with Crippen molar-refractivity contribution in [3.8, 4) is 11.5 Å². The largest absolute Gasteiger partial charge is 0.489 e. The molecular formula is C26H32O6. The highest BCUT2D eigenvalue weighted by molar-refractivity contribution is 5.94. The van der Waals surface area contributed by atoms with Gasteiger partial charge in [-0.15, -0.1) is 0 Å². The molecule has 0 aromatic heterocycles. The molecule has 0 saturated heterocycles. The lowest BCUT2D eigenvalue weighted by Gasteiger charge is -2.20. The average molecular weight is 441 g/mol. The van der Waals surface area contributed by atoms with Crippen LogP contribution in [0, 0.1) is 0 Å². The van der Waals surface area contributed by atoms with Gasteiger partial charge in [0.1, 0.15) is 36.9 Å². The van der Waals surface area contributed by atoms with Gasteiger partial charge in [-0.1, -0.05) is 44.3 Å². The first-order valence-electron chi connectivity index (χ1n) is 10.7. The summed E-state index contributed by atoms with van der Waals surface area (Å²) in [6.07, 6.45) is -0.137. The topological polar surface area (TPSA) is 71.1 Å².